The molecule has 0 radical (unpaired) electrons. The van der Waals surface area contributed by atoms with Gasteiger partial charge in [0.1, 0.15) is 18.0 Å². The third kappa shape index (κ3) is 2.36. The van der Waals surface area contributed by atoms with Crippen molar-refractivity contribution in [2.24, 2.45) is 0 Å². The van der Waals surface area contributed by atoms with Gasteiger partial charge in [-0.3, -0.25) is 0 Å². The number of nitrogens with zero attached hydrogens (tertiary/aromatic N) is 3. The minimum atomic E-state index is -0.210. The summed E-state index contributed by atoms with van der Waals surface area (Å²) >= 11 is 0. The Balaban J connectivity index is 2.29. The van der Waals surface area contributed by atoms with Crippen LogP contribution in [-0.2, 0) is 0 Å². The maximum Gasteiger partial charge on any atom is 0.502 e. The first kappa shape index (κ1) is 11.8. The monoisotopic (exact) mass is 238 g/mol. The summed E-state index contributed by atoms with van der Waals surface area (Å²) in [6.45, 7) is 0. The van der Waals surface area contributed by atoms with Crippen LogP contribution in [0.5, 0.6) is 0 Å². The fraction of sp³-hybridized carbons (Fsp3) is 0.0714. The minimum Gasteiger partial charge on any atom is -0.196 e. The number of pyridine rings is 1. The van der Waals surface area contributed by atoms with E-state index in [1.165, 1.54) is 15.7 Å². The smallest absolute Gasteiger partial charge is 0.196 e. The summed E-state index contributed by atoms with van der Waals surface area (Å²) in [5.74, 6) is 0. The molecule has 2 rings (SSSR count). The summed E-state index contributed by atoms with van der Waals surface area (Å²) in [6, 6.07) is 14.5. The van der Waals surface area contributed by atoms with Crippen molar-refractivity contribution >= 4 is 11.7 Å². The molecule has 0 unspecified atom stereocenters. The van der Waals surface area contributed by atoms with Crippen molar-refractivity contribution in [3.63, 3.8) is 0 Å². The molecule has 0 N–H and O–H groups in total. The molecular formula is C14H12N3O+. The maximum absolute atomic E-state index is 12.2. The summed E-state index contributed by atoms with van der Waals surface area (Å²) in [5, 5.41) is 8.81. The molecule has 0 saturated heterocycles. The number of nitriles is 1. The van der Waals surface area contributed by atoms with E-state index in [1.54, 1.807) is 25.4 Å². The first-order chi connectivity index (χ1) is 8.72. The van der Waals surface area contributed by atoms with Crippen molar-refractivity contribution in [1.29, 1.82) is 5.26 Å². The van der Waals surface area contributed by atoms with Crippen molar-refractivity contribution in [3.05, 3.63) is 60.4 Å². The summed E-state index contributed by atoms with van der Waals surface area (Å²) < 4.78 is 1.39. The van der Waals surface area contributed by atoms with Crippen LogP contribution in [0.15, 0.2) is 54.9 Å². The first-order valence-corrected chi connectivity index (χ1v) is 5.47. The molecule has 2 aromatic rings. The molecule has 4 nitrogen and oxygen atoms in total. The third-order valence-corrected chi connectivity index (χ3v) is 2.58. The van der Waals surface area contributed by atoms with Gasteiger partial charge in [0.25, 0.3) is 0 Å². The molecule has 0 atom stereocenters. The average molecular weight is 238 g/mol. The maximum atomic E-state index is 12.2. The highest BCUT2D eigenvalue weighted by Gasteiger charge is 2.22. The Kier molecular flexibility index (Phi) is 3.35. The van der Waals surface area contributed by atoms with Gasteiger partial charge in [0.15, 0.2) is 0 Å². The van der Waals surface area contributed by atoms with Crippen LogP contribution in [0, 0.1) is 11.3 Å². The molecule has 0 saturated carbocycles. The molecule has 0 aliphatic heterocycles. The molecule has 88 valence electrons. The topological polar surface area (TPSA) is 48.0 Å². The van der Waals surface area contributed by atoms with Crippen molar-refractivity contribution in [2.45, 2.75) is 0 Å². The summed E-state index contributed by atoms with van der Waals surface area (Å²) in [7, 11) is 1.70. The van der Waals surface area contributed by atoms with E-state index in [1.807, 2.05) is 36.4 Å². The Morgan fingerprint density at radius 1 is 1.22 bits per heavy atom. The number of aromatic nitrogens is 1. The molecule has 0 fully saturated rings. The normalized spacial score (nSPS) is 9.56. The van der Waals surface area contributed by atoms with E-state index in [2.05, 4.69) is 0 Å². The lowest BCUT2D eigenvalue weighted by atomic mass is 10.3. The highest BCUT2D eigenvalue weighted by atomic mass is 16.2. The van der Waals surface area contributed by atoms with Gasteiger partial charge < -0.3 is 0 Å². The second kappa shape index (κ2) is 5.11. The number of benzene rings is 1. The Hall–Kier alpha value is -2.67. The van der Waals surface area contributed by atoms with Crippen LogP contribution in [0.4, 0.5) is 10.5 Å². The quantitative estimate of drug-likeness (QED) is 0.713. The van der Waals surface area contributed by atoms with Crippen molar-refractivity contribution in [1.82, 2.24) is 0 Å². The second-order valence-electron chi connectivity index (χ2n) is 3.79. The molecule has 0 aliphatic carbocycles. The lowest BCUT2D eigenvalue weighted by molar-refractivity contribution is -0.569. The third-order valence-electron chi connectivity index (χ3n) is 2.58. The molecule has 0 spiro atoms. The Morgan fingerprint density at radius 3 is 2.61 bits per heavy atom. The average Bonchev–Trinajstić information content (AvgIpc) is 2.46. The van der Waals surface area contributed by atoms with E-state index in [9.17, 15) is 4.79 Å². The largest absolute Gasteiger partial charge is 0.502 e. The van der Waals surface area contributed by atoms with Crippen LogP contribution in [-0.4, -0.2) is 13.1 Å². The van der Waals surface area contributed by atoms with Gasteiger partial charge in [-0.15, -0.1) is 0 Å². The first-order valence-electron chi connectivity index (χ1n) is 5.47. The highest BCUT2D eigenvalue weighted by Crippen LogP contribution is 2.10. The van der Waals surface area contributed by atoms with Gasteiger partial charge in [-0.1, -0.05) is 18.2 Å². The van der Waals surface area contributed by atoms with Crippen LogP contribution < -0.4 is 9.47 Å². The lowest BCUT2D eigenvalue weighted by Gasteiger charge is -2.09. The highest BCUT2D eigenvalue weighted by molar-refractivity contribution is 5.84. The van der Waals surface area contributed by atoms with Gasteiger partial charge in [0.2, 0.25) is 0 Å². The minimum absolute atomic E-state index is 0.210. The van der Waals surface area contributed by atoms with Gasteiger partial charge in [-0.2, -0.15) is 19.5 Å². The van der Waals surface area contributed by atoms with Crippen molar-refractivity contribution in [2.75, 3.05) is 11.9 Å². The van der Waals surface area contributed by atoms with Crippen LogP contribution in [0.25, 0.3) is 0 Å². The van der Waals surface area contributed by atoms with E-state index in [-0.39, 0.29) is 6.03 Å². The van der Waals surface area contributed by atoms with Crippen LogP contribution >= 0.6 is 0 Å². The van der Waals surface area contributed by atoms with E-state index in [0.29, 0.717) is 5.56 Å². The van der Waals surface area contributed by atoms with Gasteiger partial charge >= 0.3 is 6.03 Å². The number of rotatable bonds is 1. The zero-order valence-corrected chi connectivity index (χ0v) is 9.95. The zero-order chi connectivity index (χ0) is 13.0. The Morgan fingerprint density at radius 2 is 1.94 bits per heavy atom. The predicted molar refractivity (Wildman–Crippen MR) is 67.0 cm³/mol. The van der Waals surface area contributed by atoms with Gasteiger partial charge in [-0.25, -0.2) is 0 Å². The van der Waals surface area contributed by atoms with Crippen LogP contribution in [0.3, 0.4) is 0 Å². The molecule has 1 heterocycles. The predicted octanol–water partition coefficient (Wildman–Crippen LogP) is 1.95. The van der Waals surface area contributed by atoms with Crippen molar-refractivity contribution < 1.29 is 9.36 Å². The summed E-state index contributed by atoms with van der Waals surface area (Å²) in [4.78, 5) is 13.7. The van der Waals surface area contributed by atoms with Crippen LogP contribution in [0.2, 0.25) is 0 Å². The summed E-state index contributed by atoms with van der Waals surface area (Å²) in [5.41, 5.74) is 1.25. The lowest BCUT2D eigenvalue weighted by Crippen LogP contribution is -2.50. The molecule has 1 aromatic carbocycles. The molecule has 4 heteroatoms. The number of hydrogen-bond donors (Lipinski definition) is 0. The molecule has 0 bridgehead atoms. The zero-order valence-electron chi connectivity index (χ0n) is 9.95. The standard InChI is InChI=1S/C14H12N3O/c1-16(13-7-3-2-4-8-13)14(18)17-9-5-6-12(10-15)11-17/h2-9,11H,1H3/q+1. The Bertz CT molecular complexity index is 602. The fourth-order valence-corrected chi connectivity index (χ4v) is 1.60. The van der Waals surface area contributed by atoms with E-state index >= 15 is 0 Å². The second-order valence-corrected chi connectivity index (χ2v) is 3.79. The van der Waals surface area contributed by atoms with Crippen molar-refractivity contribution in [3.8, 4) is 6.07 Å². The van der Waals surface area contributed by atoms with E-state index in [4.69, 9.17) is 5.26 Å². The van der Waals surface area contributed by atoms with Crippen LogP contribution in [0.1, 0.15) is 5.56 Å². The molecule has 1 aromatic heterocycles. The number of anilines is 1. The Labute approximate surface area is 105 Å². The number of hydrogen-bond acceptors (Lipinski definition) is 2. The van der Waals surface area contributed by atoms with Gasteiger partial charge in [0.05, 0.1) is 18.8 Å². The number of amides is 1. The molecular weight excluding hydrogens is 226 g/mol. The van der Waals surface area contributed by atoms with Gasteiger partial charge in [0, 0.05) is 0 Å². The molecule has 1 amide bonds. The molecule has 18 heavy (non-hydrogen) atoms. The summed E-state index contributed by atoms with van der Waals surface area (Å²) in [6.07, 6.45) is 3.14. The molecule has 0 aliphatic rings. The number of para-hydroxylation sites is 1. The van der Waals surface area contributed by atoms with E-state index in [0.717, 1.165) is 5.69 Å². The fourth-order valence-electron chi connectivity index (χ4n) is 1.60. The van der Waals surface area contributed by atoms with Gasteiger partial charge in [-0.05, 0) is 24.3 Å². The van der Waals surface area contributed by atoms with E-state index < -0.39 is 0 Å². The number of carbonyl (C=O) groups excluding carboxylic acids is 1. The number of carbonyl (C=O) groups is 1. The SMILES string of the molecule is CN(C(=O)[n+]1cccc(C#N)c1)c1ccccc1.